The number of β-lactam (4-membered cyclic amide) rings is 1. The maximum Gasteiger partial charge on any atom is 0.418 e. The van der Waals surface area contributed by atoms with Crippen molar-refractivity contribution in [3.8, 4) is 5.75 Å². The number of aryl methyl sites for hydroxylation is 1. The van der Waals surface area contributed by atoms with Gasteiger partial charge in [0.1, 0.15) is 23.3 Å². The number of anilines is 1. The summed E-state index contributed by atoms with van der Waals surface area (Å²) in [7, 11) is -5.03. The van der Waals surface area contributed by atoms with Gasteiger partial charge in [0.2, 0.25) is 0 Å². The number of oxime groups is 1. The number of hydroxylamine groups is 2. The number of nitrogens with one attached hydrogen (secondary N) is 3. The number of hydrogen-bond acceptors (Lipinski definition) is 14. The molecule has 1 saturated carbocycles. The van der Waals surface area contributed by atoms with E-state index in [0.29, 0.717) is 22.8 Å². The second-order valence-corrected chi connectivity index (χ2v) is 14.8. The van der Waals surface area contributed by atoms with E-state index in [2.05, 4.69) is 25.1 Å². The first-order chi connectivity index (χ1) is 22.2. The van der Waals surface area contributed by atoms with Gasteiger partial charge < -0.3 is 36.8 Å². The van der Waals surface area contributed by atoms with E-state index >= 15 is 0 Å². The van der Waals surface area contributed by atoms with Crippen molar-refractivity contribution in [2.45, 2.75) is 88.2 Å². The van der Waals surface area contributed by atoms with Crippen LogP contribution in [0.3, 0.4) is 0 Å². The van der Waals surface area contributed by atoms with Crippen LogP contribution in [0.1, 0.15) is 63.8 Å². The summed E-state index contributed by atoms with van der Waals surface area (Å²) in [6.45, 7) is 5.98. The molecule has 3 heterocycles. The number of carbonyl (C=O) groups excluding carboxylic acids is 2. The van der Waals surface area contributed by atoms with Crippen LogP contribution in [0.5, 0.6) is 5.75 Å². The third-order valence-electron chi connectivity index (χ3n) is 8.61. The van der Waals surface area contributed by atoms with Crippen LogP contribution in [0.25, 0.3) is 0 Å². The molecule has 5 rings (SSSR count). The standard InChI is InChI=1S/C28H36N8O10S2/c1-26(2)20(23(38)36(26)46-48(41,42)43)33-22(37)19(16-12-47-25(31)32-16)35-45-28(4,24(39)40)18-8-6-13-9-14(5-7-17(13)44-18)21(30)34-27(3)10-15(29)11-27/h5,7,9,12,15,18,20H,6,8,10-11,29H2,1-4H3,(H2,30,34)(H2,31,32)(H,33,37)(H,39,40)(H,41,42,43)/b35-19-/t15-,18-,20-,27-,28+/m1/s1. The number of carboxylic acids is 1. The van der Waals surface area contributed by atoms with Gasteiger partial charge in [0.15, 0.2) is 16.9 Å². The summed E-state index contributed by atoms with van der Waals surface area (Å²) in [5.41, 5.74) is 8.64. The van der Waals surface area contributed by atoms with Gasteiger partial charge in [-0.3, -0.25) is 19.6 Å². The average Bonchev–Trinajstić information content (AvgIpc) is 3.42. The molecule has 260 valence electrons. The Hall–Kier alpha value is -4.37. The summed E-state index contributed by atoms with van der Waals surface area (Å²) < 4.78 is 41.7. The highest BCUT2D eigenvalue weighted by molar-refractivity contribution is 7.80. The summed E-state index contributed by atoms with van der Waals surface area (Å²) in [4.78, 5) is 48.3. The number of benzene rings is 1. The molecular weight excluding hydrogens is 672 g/mol. The number of hydrogen-bond donors (Lipinski definition) is 7. The molecule has 1 aromatic heterocycles. The van der Waals surface area contributed by atoms with Crippen LogP contribution in [0.2, 0.25) is 0 Å². The Morgan fingerprint density at radius 2 is 1.98 bits per heavy atom. The quantitative estimate of drug-likeness (QED) is 0.0544. The van der Waals surface area contributed by atoms with Gasteiger partial charge in [-0.2, -0.15) is 13.5 Å². The maximum absolute atomic E-state index is 13.4. The minimum Gasteiger partial charge on any atom is -0.485 e. The molecule has 2 aromatic rings. The number of aromatic nitrogens is 1. The van der Waals surface area contributed by atoms with Crippen molar-refractivity contribution < 1.29 is 46.3 Å². The van der Waals surface area contributed by atoms with Crippen molar-refractivity contribution in [2.75, 3.05) is 5.73 Å². The molecule has 48 heavy (non-hydrogen) atoms. The number of rotatable bonds is 11. The predicted octanol–water partition coefficient (Wildman–Crippen LogP) is 0.318. The zero-order chi connectivity index (χ0) is 35.4. The molecule has 0 unspecified atom stereocenters. The van der Waals surface area contributed by atoms with Crippen LogP contribution in [0.15, 0.2) is 28.7 Å². The molecule has 3 aliphatic rings. The number of amides is 2. The van der Waals surface area contributed by atoms with Crippen molar-refractivity contribution in [3.63, 3.8) is 0 Å². The smallest absolute Gasteiger partial charge is 0.418 e. The summed E-state index contributed by atoms with van der Waals surface area (Å²) in [6, 6.07) is 3.91. The number of ether oxygens (including phenoxy) is 1. The number of fused-ring (bicyclic) bond motifs is 1. The minimum absolute atomic E-state index is 0.0551. The third-order valence-corrected chi connectivity index (χ3v) is 9.62. The lowest BCUT2D eigenvalue weighted by molar-refractivity contribution is -0.218. The number of carbonyl (C=O) groups is 3. The van der Waals surface area contributed by atoms with Gasteiger partial charge in [0.05, 0.1) is 5.54 Å². The second kappa shape index (κ2) is 12.3. The van der Waals surface area contributed by atoms with E-state index in [0.717, 1.165) is 29.7 Å². The van der Waals surface area contributed by atoms with Crippen LogP contribution in [-0.4, -0.2) is 92.3 Å². The second-order valence-electron chi connectivity index (χ2n) is 12.9. The number of aliphatic carboxylic acids is 1. The first kappa shape index (κ1) is 35.0. The molecule has 18 nitrogen and oxygen atoms in total. The number of carboxylic acid groups (broad SMARTS) is 1. The predicted molar refractivity (Wildman–Crippen MR) is 170 cm³/mol. The zero-order valence-electron chi connectivity index (χ0n) is 26.3. The third kappa shape index (κ3) is 6.79. The Balaban J connectivity index is 1.34. The van der Waals surface area contributed by atoms with Crippen LogP contribution in [0.4, 0.5) is 5.13 Å². The normalized spacial score (nSPS) is 26.1. The highest BCUT2D eigenvalue weighted by Crippen LogP contribution is 2.36. The van der Waals surface area contributed by atoms with Crippen molar-refractivity contribution in [1.82, 2.24) is 20.7 Å². The van der Waals surface area contributed by atoms with Gasteiger partial charge in [-0.1, -0.05) is 5.16 Å². The lowest BCUT2D eigenvalue weighted by Crippen LogP contribution is -2.76. The zero-order valence-corrected chi connectivity index (χ0v) is 28.0. The molecular formula is C28H36N8O10S2. The van der Waals surface area contributed by atoms with E-state index in [1.807, 2.05) is 6.92 Å². The van der Waals surface area contributed by atoms with E-state index in [1.54, 1.807) is 18.2 Å². The molecule has 20 heteroatoms. The van der Waals surface area contributed by atoms with Gasteiger partial charge in [0, 0.05) is 22.5 Å². The average molecular weight is 709 g/mol. The van der Waals surface area contributed by atoms with Crippen molar-refractivity contribution in [1.29, 1.82) is 5.41 Å². The Morgan fingerprint density at radius 1 is 1.29 bits per heavy atom. The number of thiazole rings is 1. The Bertz CT molecular complexity index is 1810. The lowest BCUT2D eigenvalue weighted by atomic mass is 9.74. The number of amidine groups is 1. The lowest BCUT2D eigenvalue weighted by Gasteiger charge is -2.50. The molecule has 9 N–H and O–H groups in total. The molecule has 1 aliphatic carbocycles. The highest BCUT2D eigenvalue weighted by Gasteiger charge is 2.58. The Morgan fingerprint density at radius 3 is 2.54 bits per heavy atom. The van der Waals surface area contributed by atoms with Gasteiger partial charge in [-0.05, 0) is 77.1 Å². The molecule has 1 saturated heterocycles. The van der Waals surface area contributed by atoms with Crippen LogP contribution in [-0.2, 0) is 40.3 Å². The number of nitrogen functional groups attached to an aromatic ring is 1. The topological polar surface area (TPSA) is 282 Å². The van der Waals surface area contributed by atoms with E-state index in [1.165, 1.54) is 26.2 Å². The first-order valence-corrected chi connectivity index (χ1v) is 16.9. The molecule has 0 spiro atoms. The summed E-state index contributed by atoms with van der Waals surface area (Å²) in [5, 5.41) is 30.1. The highest BCUT2D eigenvalue weighted by atomic mass is 32.3. The van der Waals surface area contributed by atoms with Gasteiger partial charge in [-0.25, -0.2) is 9.78 Å². The summed E-state index contributed by atoms with van der Waals surface area (Å²) in [6.07, 6.45) is 0.995. The largest absolute Gasteiger partial charge is 0.485 e. The van der Waals surface area contributed by atoms with E-state index < -0.39 is 57.2 Å². The van der Waals surface area contributed by atoms with E-state index in [9.17, 15) is 27.9 Å². The van der Waals surface area contributed by atoms with Gasteiger partial charge in [-0.15, -0.1) is 15.6 Å². The fourth-order valence-electron chi connectivity index (χ4n) is 5.90. The van der Waals surface area contributed by atoms with Crippen molar-refractivity contribution >= 4 is 56.2 Å². The molecule has 0 bridgehead atoms. The SMILES string of the molecule is CC1(C)[C@H](NC(=O)/C(=N\O[C@](C)(C(=O)O)[C@H]2CCc3cc(C(=N)N[C@]4(C)C[C@@H](N)C4)ccc3O2)c2csc(N)n2)C(=O)N1OS(=O)(=O)O. The summed E-state index contributed by atoms with van der Waals surface area (Å²) >= 11 is 0.961. The molecule has 1 aromatic carbocycles. The Kier molecular flexibility index (Phi) is 8.93. The molecule has 2 amide bonds. The van der Waals surface area contributed by atoms with Crippen molar-refractivity contribution in [2.24, 2.45) is 10.9 Å². The molecule has 2 aliphatic heterocycles. The fourth-order valence-corrected chi connectivity index (χ4v) is 6.90. The fraction of sp³-hybridized carbons (Fsp3) is 0.500. The Labute approximate surface area is 279 Å². The van der Waals surface area contributed by atoms with Gasteiger partial charge in [0.25, 0.3) is 17.4 Å². The first-order valence-electron chi connectivity index (χ1n) is 14.7. The van der Waals surface area contributed by atoms with Gasteiger partial charge >= 0.3 is 16.4 Å². The molecule has 2 fully saturated rings. The van der Waals surface area contributed by atoms with E-state index in [4.69, 9.17) is 31.0 Å². The number of nitrogens with two attached hydrogens (primary N) is 2. The van der Waals surface area contributed by atoms with E-state index in [-0.39, 0.29) is 34.7 Å². The van der Waals surface area contributed by atoms with Crippen LogP contribution >= 0.6 is 11.3 Å². The minimum atomic E-state index is -5.03. The van der Waals surface area contributed by atoms with Crippen LogP contribution in [0, 0.1) is 5.41 Å². The maximum atomic E-state index is 13.4. The monoisotopic (exact) mass is 708 g/mol. The molecule has 0 radical (unpaired) electrons. The summed E-state index contributed by atoms with van der Waals surface area (Å²) in [5.74, 6) is -2.83. The molecule has 3 atom stereocenters. The van der Waals surface area contributed by atoms with Crippen LogP contribution < -0.4 is 26.8 Å². The van der Waals surface area contributed by atoms with Crippen molar-refractivity contribution in [3.05, 3.63) is 40.4 Å². The number of nitrogens with zero attached hydrogens (tertiary/aromatic N) is 3.